The van der Waals surface area contributed by atoms with Crippen LogP contribution in [0.2, 0.25) is 5.02 Å². The van der Waals surface area contributed by atoms with Crippen molar-refractivity contribution in [1.82, 2.24) is 0 Å². The molecule has 1 unspecified atom stereocenters. The molecule has 2 N–H and O–H groups in total. The highest BCUT2D eigenvalue weighted by Crippen LogP contribution is 2.31. The van der Waals surface area contributed by atoms with Crippen molar-refractivity contribution in [3.8, 4) is 0 Å². The summed E-state index contributed by atoms with van der Waals surface area (Å²) in [5.74, 6) is -0.819. The third-order valence-electron chi connectivity index (χ3n) is 2.71. The van der Waals surface area contributed by atoms with Gasteiger partial charge in [-0.1, -0.05) is 18.5 Å². The molecule has 1 aliphatic heterocycles. The number of rotatable bonds is 2. The molecule has 1 atom stereocenters. The van der Waals surface area contributed by atoms with Gasteiger partial charge in [-0.3, -0.25) is 0 Å². The Bertz CT molecular complexity index is 417. The lowest BCUT2D eigenvalue weighted by atomic mass is 10.1. The lowest BCUT2D eigenvalue weighted by Crippen LogP contribution is -2.26. The Balaban J connectivity index is 2.35. The number of fused-ring (bicyclic) bond motifs is 1. The van der Waals surface area contributed by atoms with E-state index in [2.05, 4.69) is 5.32 Å². The zero-order valence-electron chi connectivity index (χ0n) is 8.38. The van der Waals surface area contributed by atoms with E-state index >= 15 is 0 Å². The van der Waals surface area contributed by atoms with Crippen molar-refractivity contribution in [2.75, 3.05) is 5.32 Å². The lowest BCUT2D eigenvalue weighted by Gasteiger charge is -2.06. The van der Waals surface area contributed by atoms with Gasteiger partial charge in [0.15, 0.2) is 0 Å². The molecule has 80 valence electrons. The third-order valence-corrected chi connectivity index (χ3v) is 3.06. The van der Waals surface area contributed by atoms with E-state index in [9.17, 15) is 4.79 Å². The van der Waals surface area contributed by atoms with Crippen LogP contribution in [0, 0.1) is 0 Å². The van der Waals surface area contributed by atoms with Crippen LogP contribution in [0.4, 0.5) is 5.69 Å². The highest BCUT2D eigenvalue weighted by Gasteiger charge is 2.26. The molecule has 0 radical (unpaired) electrons. The quantitative estimate of drug-likeness (QED) is 0.812. The number of hydrogen-bond acceptors (Lipinski definition) is 2. The van der Waals surface area contributed by atoms with Crippen LogP contribution in [-0.4, -0.2) is 17.1 Å². The molecular formula is C11H12ClNO2. The van der Waals surface area contributed by atoms with Gasteiger partial charge in [0, 0.05) is 17.1 Å². The van der Waals surface area contributed by atoms with Gasteiger partial charge in [-0.15, -0.1) is 0 Å². The second kappa shape index (κ2) is 3.74. The van der Waals surface area contributed by atoms with E-state index in [0.717, 1.165) is 28.3 Å². The number of aliphatic carboxylic acids is 1. The molecule has 0 saturated carbocycles. The van der Waals surface area contributed by atoms with Crippen LogP contribution in [-0.2, 0) is 17.6 Å². The molecule has 2 rings (SSSR count). The average molecular weight is 226 g/mol. The highest BCUT2D eigenvalue weighted by atomic mass is 35.5. The fourth-order valence-electron chi connectivity index (χ4n) is 1.84. The molecule has 0 amide bonds. The van der Waals surface area contributed by atoms with Crippen molar-refractivity contribution in [3.63, 3.8) is 0 Å². The Kier molecular flexibility index (Phi) is 2.57. The maximum Gasteiger partial charge on any atom is 0.326 e. The van der Waals surface area contributed by atoms with Crippen LogP contribution in [0.25, 0.3) is 0 Å². The molecule has 1 heterocycles. The highest BCUT2D eigenvalue weighted by molar-refractivity contribution is 6.31. The maximum absolute atomic E-state index is 10.8. The Morgan fingerprint density at radius 1 is 1.67 bits per heavy atom. The van der Waals surface area contributed by atoms with Crippen molar-refractivity contribution in [1.29, 1.82) is 0 Å². The smallest absolute Gasteiger partial charge is 0.326 e. The number of aryl methyl sites for hydroxylation is 1. The zero-order chi connectivity index (χ0) is 11.0. The van der Waals surface area contributed by atoms with Gasteiger partial charge >= 0.3 is 5.97 Å². The Morgan fingerprint density at radius 3 is 3.00 bits per heavy atom. The van der Waals surface area contributed by atoms with Gasteiger partial charge in [0.25, 0.3) is 0 Å². The van der Waals surface area contributed by atoms with Gasteiger partial charge in [-0.2, -0.15) is 0 Å². The molecule has 0 fully saturated rings. The predicted molar refractivity (Wildman–Crippen MR) is 59.6 cm³/mol. The Morgan fingerprint density at radius 2 is 2.40 bits per heavy atom. The summed E-state index contributed by atoms with van der Waals surface area (Å²) in [6, 6.07) is 3.30. The number of carbonyl (C=O) groups is 1. The van der Waals surface area contributed by atoms with Crippen molar-refractivity contribution < 1.29 is 9.90 Å². The second-order valence-electron chi connectivity index (χ2n) is 3.69. The average Bonchev–Trinajstić information content (AvgIpc) is 2.59. The van der Waals surface area contributed by atoms with Gasteiger partial charge in [0.1, 0.15) is 6.04 Å². The summed E-state index contributed by atoms with van der Waals surface area (Å²) in [6.45, 7) is 2.03. The summed E-state index contributed by atoms with van der Waals surface area (Å²) in [4.78, 5) is 10.8. The first-order chi connectivity index (χ1) is 7.11. The summed E-state index contributed by atoms with van der Waals surface area (Å²) < 4.78 is 0. The molecule has 4 heteroatoms. The van der Waals surface area contributed by atoms with Crippen LogP contribution >= 0.6 is 11.6 Å². The molecule has 0 aliphatic carbocycles. The molecule has 1 aromatic carbocycles. The molecular weight excluding hydrogens is 214 g/mol. The topological polar surface area (TPSA) is 49.3 Å². The second-order valence-corrected chi connectivity index (χ2v) is 4.10. The number of anilines is 1. The number of carboxylic acid groups (broad SMARTS) is 1. The first-order valence-electron chi connectivity index (χ1n) is 4.92. The standard InChI is InChI=1S/C11H12ClNO2/c1-2-6-4-9-7(3-8(6)12)5-10(13-9)11(14)15/h3-4,10,13H,2,5H2,1H3,(H,14,15). The van der Waals surface area contributed by atoms with Crippen LogP contribution in [0.5, 0.6) is 0 Å². The van der Waals surface area contributed by atoms with E-state index < -0.39 is 12.0 Å². The fraction of sp³-hybridized carbons (Fsp3) is 0.364. The van der Waals surface area contributed by atoms with Gasteiger partial charge in [0.2, 0.25) is 0 Å². The van der Waals surface area contributed by atoms with Crippen molar-refractivity contribution in [2.45, 2.75) is 25.8 Å². The molecule has 0 saturated heterocycles. The SMILES string of the molecule is CCc1cc2c(cc1Cl)CC(C(=O)O)N2. The largest absolute Gasteiger partial charge is 0.480 e. The molecule has 1 aromatic rings. The summed E-state index contributed by atoms with van der Waals surface area (Å²) in [7, 11) is 0. The summed E-state index contributed by atoms with van der Waals surface area (Å²) in [5, 5.41) is 12.6. The third kappa shape index (κ3) is 1.79. The Labute approximate surface area is 93.1 Å². The van der Waals surface area contributed by atoms with Crippen molar-refractivity contribution >= 4 is 23.3 Å². The lowest BCUT2D eigenvalue weighted by molar-refractivity contribution is -0.137. The number of carboxylic acids is 1. The van der Waals surface area contributed by atoms with E-state index in [1.807, 2.05) is 19.1 Å². The first kappa shape index (κ1) is 10.3. The maximum atomic E-state index is 10.8. The monoisotopic (exact) mass is 225 g/mol. The minimum atomic E-state index is -0.819. The van der Waals surface area contributed by atoms with E-state index in [1.54, 1.807) is 0 Å². The number of benzene rings is 1. The number of halogens is 1. The summed E-state index contributed by atoms with van der Waals surface area (Å²) in [5.41, 5.74) is 2.95. The molecule has 0 spiro atoms. The molecule has 1 aliphatic rings. The van der Waals surface area contributed by atoms with Gasteiger partial charge in [-0.05, 0) is 29.7 Å². The van der Waals surface area contributed by atoms with Crippen molar-refractivity contribution in [3.05, 3.63) is 28.3 Å². The normalized spacial score (nSPS) is 18.4. The number of hydrogen-bond donors (Lipinski definition) is 2. The van der Waals surface area contributed by atoms with E-state index in [4.69, 9.17) is 16.7 Å². The Hall–Kier alpha value is -1.22. The van der Waals surface area contributed by atoms with Crippen LogP contribution in [0.15, 0.2) is 12.1 Å². The zero-order valence-corrected chi connectivity index (χ0v) is 9.14. The number of nitrogens with one attached hydrogen (secondary N) is 1. The molecule has 0 aromatic heterocycles. The van der Waals surface area contributed by atoms with Crippen molar-refractivity contribution in [2.24, 2.45) is 0 Å². The van der Waals surface area contributed by atoms with Gasteiger partial charge in [0.05, 0.1) is 0 Å². The van der Waals surface area contributed by atoms with Crippen LogP contribution in [0.3, 0.4) is 0 Å². The molecule has 0 bridgehead atoms. The molecule has 15 heavy (non-hydrogen) atoms. The van der Waals surface area contributed by atoms with E-state index in [1.165, 1.54) is 0 Å². The van der Waals surface area contributed by atoms with Crippen LogP contribution < -0.4 is 5.32 Å². The first-order valence-corrected chi connectivity index (χ1v) is 5.30. The fourth-order valence-corrected chi connectivity index (χ4v) is 2.16. The van der Waals surface area contributed by atoms with Crippen LogP contribution in [0.1, 0.15) is 18.1 Å². The van der Waals surface area contributed by atoms with Gasteiger partial charge < -0.3 is 10.4 Å². The summed E-state index contributed by atoms with van der Waals surface area (Å²) >= 11 is 6.06. The van der Waals surface area contributed by atoms with E-state index in [-0.39, 0.29) is 0 Å². The van der Waals surface area contributed by atoms with E-state index in [0.29, 0.717) is 6.42 Å². The predicted octanol–water partition coefficient (Wildman–Crippen LogP) is 2.32. The molecule has 3 nitrogen and oxygen atoms in total. The summed E-state index contributed by atoms with van der Waals surface area (Å²) in [6.07, 6.45) is 1.36. The minimum Gasteiger partial charge on any atom is -0.480 e. The van der Waals surface area contributed by atoms with Gasteiger partial charge in [-0.25, -0.2) is 4.79 Å². The minimum absolute atomic E-state index is 0.508.